The zero-order chi connectivity index (χ0) is 22.2. The van der Waals surface area contributed by atoms with E-state index in [4.69, 9.17) is 4.98 Å². The molecule has 0 aliphatic carbocycles. The average Bonchev–Trinajstić information content (AvgIpc) is 3.50. The van der Waals surface area contributed by atoms with Gasteiger partial charge in [-0.15, -0.1) is 0 Å². The van der Waals surface area contributed by atoms with Crippen LogP contribution in [0.5, 0.6) is 0 Å². The van der Waals surface area contributed by atoms with Crippen LogP contribution in [0.3, 0.4) is 0 Å². The number of hydrogen-bond acceptors (Lipinski definition) is 4. The van der Waals surface area contributed by atoms with Gasteiger partial charge in [-0.2, -0.15) is 0 Å². The molecule has 6 heteroatoms. The highest BCUT2D eigenvalue weighted by Gasteiger charge is 2.14. The van der Waals surface area contributed by atoms with Crippen molar-refractivity contribution >= 4 is 11.0 Å². The predicted molar refractivity (Wildman–Crippen MR) is 129 cm³/mol. The van der Waals surface area contributed by atoms with Crippen molar-refractivity contribution in [2.24, 2.45) is 0 Å². The lowest BCUT2D eigenvalue weighted by Gasteiger charge is -2.10. The molecule has 5 heterocycles. The van der Waals surface area contributed by atoms with E-state index in [9.17, 15) is 0 Å². The van der Waals surface area contributed by atoms with Crippen LogP contribution < -0.4 is 0 Å². The SMILES string of the molecule is Cc1cc(-n2cc(-c3cccnc3)nc2-c2ccc(-n3ccc4cccnc43)cc2)ccn1. The van der Waals surface area contributed by atoms with E-state index in [1.165, 1.54) is 0 Å². The number of fused-ring (bicyclic) bond motifs is 1. The number of imidazole rings is 1. The Morgan fingerprint density at radius 2 is 1.61 bits per heavy atom. The van der Waals surface area contributed by atoms with Gasteiger partial charge in [0.2, 0.25) is 0 Å². The molecule has 0 aliphatic heterocycles. The standard InChI is InChI=1S/C27H20N6/c1-19-16-24(10-14-29-19)33-18-25(22-5-2-12-28-17-22)31-27(33)21-6-8-23(9-7-21)32-15-11-20-4-3-13-30-26(20)32/h2-18H,1H3. The van der Waals surface area contributed by atoms with Crippen LogP contribution in [0.15, 0.2) is 104 Å². The van der Waals surface area contributed by atoms with Crippen LogP contribution in [0.1, 0.15) is 5.69 Å². The quantitative estimate of drug-likeness (QED) is 0.364. The van der Waals surface area contributed by atoms with Gasteiger partial charge < -0.3 is 4.57 Å². The number of hydrogen-bond donors (Lipinski definition) is 0. The number of pyridine rings is 3. The molecule has 0 N–H and O–H groups in total. The van der Waals surface area contributed by atoms with E-state index in [1.807, 2.05) is 56.0 Å². The van der Waals surface area contributed by atoms with Crippen molar-refractivity contribution in [2.45, 2.75) is 6.92 Å². The summed E-state index contributed by atoms with van der Waals surface area (Å²) in [5.41, 5.74) is 6.84. The lowest BCUT2D eigenvalue weighted by Crippen LogP contribution is -1.98. The number of rotatable bonds is 4. The van der Waals surface area contributed by atoms with Crippen LogP contribution in [0.4, 0.5) is 0 Å². The molecule has 1 aromatic carbocycles. The first kappa shape index (κ1) is 19.1. The van der Waals surface area contributed by atoms with E-state index in [0.29, 0.717) is 0 Å². The second-order valence-corrected chi connectivity index (χ2v) is 7.87. The van der Waals surface area contributed by atoms with Gasteiger partial charge >= 0.3 is 0 Å². The summed E-state index contributed by atoms with van der Waals surface area (Å²) in [6, 6.07) is 22.5. The van der Waals surface area contributed by atoms with Gasteiger partial charge in [-0.25, -0.2) is 9.97 Å². The maximum atomic E-state index is 4.98. The average molecular weight is 428 g/mol. The molecule has 33 heavy (non-hydrogen) atoms. The fraction of sp³-hybridized carbons (Fsp3) is 0.0370. The molecule has 0 amide bonds. The van der Waals surface area contributed by atoms with Crippen molar-refractivity contribution in [3.05, 3.63) is 110 Å². The van der Waals surface area contributed by atoms with Gasteiger partial charge in [0.1, 0.15) is 11.5 Å². The normalized spacial score (nSPS) is 11.2. The monoisotopic (exact) mass is 428 g/mol. The maximum absolute atomic E-state index is 4.98. The van der Waals surface area contributed by atoms with Gasteiger partial charge in [-0.3, -0.25) is 14.5 Å². The molecule has 0 saturated heterocycles. The largest absolute Gasteiger partial charge is 0.301 e. The third kappa shape index (κ3) is 3.47. The molecule has 0 bridgehead atoms. The molecule has 0 spiro atoms. The van der Waals surface area contributed by atoms with E-state index in [2.05, 4.69) is 72.7 Å². The minimum absolute atomic E-state index is 0.862. The van der Waals surface area contributed by atoms with Crippen LogP contribution >= 0.6 is 0 Å². The zero-order valence-corrected chi connectivity index (χ0v) is 18.0. The first-order valence-corrected chi connectivity index (χ1v) is 10.7. The Kier molecular flexibility index (Phi) is 4.54. The van der Waals surface area contributed by atoms with Crippen LogP contribution in [-0.2, 0) is 0 Å². The van der Waals surface area contributed by atoms with Gasteiger partial charge in [0, 0.05) is 65.1 Å². The lowest BCUT2D eigenvalue weighted by atomic mass is 10.2. The Hall–Kier alpha value is -4.58. The van der Waals surface area contributed by atoms with E-state index < -0.39 is 0 Å². The smallest absolute Gasteiger partial charge is 0.145 e. The summed E-state index contributed by atoms with van der Waals surface area (Å²) in [4.78, 5) is 18.1. The van der Waals surface area contributed by atoms with E-state index >= 15 is 0 Å². The fourth-order valence-corrected chi connectivity index (χ4v) is 4.06. The Bertz CT molecular complexity index is 1560. The third-order valence-electron chi connectivity index (χ3n) is 5.67. The summed E-state index contributed by atoms with van der Waals surface area (Å²) in [5, 5.41) is 1.12. The Balaban J connectivity index is 1.46. The molecule has 0 unspecified atom stereocenters. The Labute approximate surface area is 190 Å². The molecular weight excluding hydrogens is 408 g/mol. The second-order valence-electron chi connectivity index (χ2n) is 7.87. The molecule has 6 rings (SSSR count). The van der Waals surface area contributed by atoms with Crippen molar-refractivity contribution in [3.63, 3.8) is 0 Å². The number of benzene rings is 1. The van der Waals surface area contributed by atoms with Gasteiger partial charge in [-0.1, -0.05) is 0 Å². The van der Waals surface area contributed by atoms with Crippen LogP contribution in [0.25, 0.3) is 45.1 Å². The fourth-order valence-electron chi connectivity index (χ4n) is 4.06. The van der Waals surface area contributed by atoms with Crippen molar-refractivity contribution in [3.8, 4) is 34.0 Å². The highest BCUT2D eigenvalue weighted by atomic mass is 15.1. The van der Waals surface area contributed by atoms with Crippen molar-refractivity contribution in [1.82, 2.24) is 29.1 Å². The molecule has 6 nitrogen and oxygen atoms in total. The zero-order valence-electron chi connectivity index (χ0n) is 18.0. The molecule has 0 radical (unpaired) electrons. The van der Waals surface area contributed by atoms with Gasteiger partial charge in [0.15, 0.2) is 0 Å². The predicted octanol–water partition coefficient (Wildman–Crippen LogP) is 5.64. The van der Waals surface area contributed by atoms with Gasteiger partial charge in [0.05, 0.1) is 11.4 Å². The molecule has 0 atom stereocenters. The number of aryl methyl sites for hydroxylation is 1. The molecule has 0 fully saturated rings. The topological polar surface area (TPSA) is 61.4 Å². The van der Waals surface area contributed by atoms with E-state index in [1.54, 1.807) is 6.20 Å². The second kappa shape index (κ2) is 7.84. The van der Waals surface area contributed by atoms with Gasteiger partial charge in [0.25, 0.3) is 0 Å². The highest BCUT2D eigenvalue weighted by Crippen LogP contribution is 2.29. The molecule has 158 valence electrons. The number of aromatic nitrogens is 6. The molecular formula is C27H20N6. The minimum atomic E-state index is 0.862. The summed E-state index contributed by atoms with van der Waals surface area (Å²) < 4.78 is 4.21. The summed E-state index contributed by atoms with van der Waals surface area (Å²) >= 11 is 0. The van der Waals surface area contributed by atoms with E-state index in [-0.39, 0.29) is 0 Å². The third-order valence-corrected chi connectivity index (χ3v) is 5.67. The number of nitrogens with zero attached hydrogens (tertiary/aromatic N) is 6. The summed E-state index contributed by atoms with van der Waals surface area (Å²) in [7, 11) is 0. The first-order chi connectivity index (χ1) is 16.3. The summed E-state index contributed by atoms with van der Waals surface area (Å²) in [5.74, 6) is 0.862. The first-order valence-electron chi connectivity index (χ1n) is 10.7. The van der Waals surface area contributed by atoms with Crippen LogP contribution in [0.2, 0.25) is 0 Å². The van der Waals surface area contributed by atoms with E-state index in [0.717, 1.165) is 50.7 Å². The van der Waals surface area contributed by atoms with Crippen molar-refractivity contribution in [1.29, 1.82) is 0 Å². The van der Waals surface area contributed by atoms with Crippen LogP contribution in [-0.4, -0.2) is 29.1 Å². The Morgan fingerprint density at radius 1 is 0.727 bits per heavy atom. The highest BCUT2D eigenvalue weighted by molar-refractivity contribution is 5.78. The summed E-state index contributed by atoms with van der Waals surface area (Å²) in [6.45, 7) is 1.99. The Morgan fingerprint density at radius 3 is 2.42 bits per heavy atom. The van der Waals surface area contributed by atoms with Crippen molar-refractivity contribution < 1.29 is 0 Å². The molecule has 6 aromatic rings. The molecule has 0 saturated carbocycles. The molecule has 0 aliphatic rings. The maximum Gasteiger partial charge on any atom is 0.145 e. The van der Waals surface area contributed by atoms with Gasteiger partial charge in [-0.05, 0) is 73.7 Å². The lowest BCUT2D eigenvalue weighted by molar-refractivity contribution is 1.04. The minimum Gasteiger partial charge on any atom is -0.301 e. The van der Waals surface area contributed by atoms with Crippen LogP contribution in [0, 0.1) is 6.92 Å². The summed E-state index contributed by atoms with van der Waals surface area (Å²) in [6.07, 6.45) is 11.4. The molecule has 5 aromatic heterocycles. The van der Waals surface area contributed by atoms with Crippen molar-refractivity contribution in [2.75, 3.05) is 0 Å².